The first-order chi connectivity index (χ1) is 21.6. The van der Waals surface area contributed by atoms with Crippen LogP contribution in [0, 0.1) is 17.8 Å². The molecule has 9 nitrogen and oxygen atoms in total. The Bertz CT molecular complexity index is 1240. The second-order valence-electron chi connectivity index (χ2n) is 13.1. The molecule has 1 aromatic carbocycles. The zero-order chi connectivity index (χ0) is 32.9. The molecule has 7 atom stereocenters. The molecule has 9 heteroatoms. The first kappa shape index (κ1) is 34.7. The Hall–Kier alpha value is -3.17. The molecule has 1 spiro atoms. The number of fused-ring (bicyclic) bond motifs is 1. The summed E-state index contributed by atoms with van der Waals surface area (Å²) in [6.07, 6.45) is 7.66. The monoisotopic (exact) mass is 623 g/mol. The van der Waals surface area contributed by atoms with Crippen LogP contribution >= 0.6 is 0 Å². The number of amides is 3. The maximum absolute atomic E-state index is 14.7. The topological polar surface area (TPSA) is 99.6 Å². The Morgan fingerprint density at radius 3 is 2.42 bits per heavy atom. The van der Waals surface area contributed by atoms with Crippen molar-refractivity contribution in [2.45, 2.75) is 96.4 Å². The highest BCUT2D eigenvalue weighted by Gasteiger charge is 2.80. The lowest BCUT2D eigenvalue weighted by atomic mass is 9.62. The molecule has 3 heterocycles. The second-order valence-corrected chi connectivity index (χ2v) is 13.1. The van der Waals surface area contributed by atoms with Gasteiger partial charge in [-0.3, -0.25) is 14.4 Å². The van der Waals surface area contributed by atoms with E-state index in [4.69, 9.17) is 9.47 Å². The Morgan fingerprint density at radius 1 is 1.13 bits per heavy atom. The number of anilines is 1. The lowest BCUT2D eigenvalue weighted by Crippen LogP contribution is -2.58. The summed E-state index contributed by atoms with van der Waals surface area (Å²) in [5.74, 6) is -1.47. The molecular weight excluding hydrogens is 570 g/mol. The Balaban J connectivity index is 1.78. The number of nitrogens with zero attached hydrogens (tertiary/aromatic N) is 3. The molecule has 45 heavy (non-hydrogen) atoms. The van der Waals surface area contributed by atoms with Crippen molar-refractivity contribution in [3.63, 3.8) is 0 Å². The van der Waals surface area contributed by atoms with Crippen molar-refractivity contribution in [3.8, 4) is 5.75 Å². The van der Waals surface area contributed by atoms with Gasteiger partial charge in [0.15, 0.2) is 0 Å². The molecule has 3 saturated heterocycles. The van der Waals surface area contributed by atoms with Gasteiger partial charge in [0.05, 0.1) is 24.0 Å². The summed E-state index contributed by atoms with van der Waals surface area (Å²) < 4.78 is 12.6. The van der Waals surface area contributed by atoms with E-state index < -0.39 is 29.1 Å². The van der Waals surface area contributed by atoms with E-state index >= 15 is 0 Å². The third-order valence-electron chi connectivity index (χ3n) is 10.3. The highest BCUT2D eigenvalue weighted by molar-refractivity contribution is 6.03. The van der Waals surface area contributed by atoms with E-state index in [1.807, 2.05) is 49.9 Å². The summed E-state index contributed by atoms with van der Waals surface area (Å²) in [4.78, 5) is 49.3. The van der Waals surface area contributed by atoms with Gasteiger partial charge in [-0.1, -0.05) is 32.4 Å². The third-order valence-corrected chi connectivity index (χ3v) is 10.3. The number of carbonyl (C=O) groups excluding carboxylic acids is 3. The summed E-state index contributed by atoms with van der Waals surface area (Å²) in [6.45, 7) is 19.5. The van der Waals surface area contributed by atoms with Crippen molar-refractivity contribution < 1.29 is 29.0 Å². The van der Waals surface area contributed by atoms with Crippen LogP contribution in [0.15, 0.2) is 49.6 Å². The number of carbonyl (C=O) groups is 3. The minimum Gasteiger partial charge on any atom is -0.494 e. The lowest BCUT2D eigenvalue weighted by Gasteiger charge is -2.40. The summed E-state index contributed by atoms with van der Waals surface area (Å²) >= 11 is 0. The van der Waals surface area contributed by atoms with Crippen molar-refractivity contribution in [1.82, 2.24) is 9.80 Å². The molecule has 4 unspecified atom stereocenters. The standard InChI is InChI=1S/C36H53N3O6/c1-8-15-26(6)37(20-9-2)34(43)31-36-24-25(5)35(7,45-36)29(30(36)33(42)39(31)22-13-12-14-23-40)32(41)38(21-10-3)27-16-18-28(19-17-27)44-11-4/h9-10,16-19,25-26,29-31,40H,2-3,8,11-15,20-24H2,1,4-7H3/t25?,26?,29-,30+,31?,35+,36?/m1/s1. The van der Waals surface area contributed by atoms with Crippen LogP contribution < -0.4 is 9.64 Å². The molecular formula is C36H53N3O6. The minimum absolute atomic E-state index is 0.0472. The van der Waals surface area contributed by atoms with Gasteiger partial charge in [-0.15, -0.1) is 13.2 Å². The Morgan fingerprint density at radius 2 is 1.82 bits per heavy atom. The smallest absolute Gasteiger partial charge is 0.248 e. The highest BCUT2D eigenvalue weighted by atomic mass is 16.5. The molecule has 3 amide bonds. The molecule has 1 N–H and O–H groups in total. The predicted molar refractivity (Wildman–Crippen MR) is 176 cm³/mol. The number of rotatable bonds is 17. The number of hydrogen-bond acceptors (Lipinski definition) is 6. The van der Waals surface area contributed by atoms with Crippen molar-refractivity contribution in [3.05, 3.63) is 49.6 Å². The van der Waals surface area contributed by atoms with E-state index in [-0.39, 0.29) is 42.8 Å². The normalized spacial score (nSPS) is 28.9. The van der Waals surface area contributed by atoms with Crippen LogP contribution in [0.5, 0.6) is 5.75 Å². The minimum atomic E-state index is -1.12. The molecule has 248 valence electrons. The van der Waals surface area contributed by atoms with Crippen LogP contribution in [0.3, 0.4) is 0 Å². The van der Waals surface area contributed by atoms with E-state index in [9.17, 15) is 19.5 Å². The SMILES string of the molecule is C=CCN(C(=O)[C@H]1[C@H]2C(=O)N(CCCCCO)C(C(=O)N(CC=C)C(C)CCC)C23CC(C)[C@]1(C)O3)c1ccc(OCC)cc1. The van der Waals surface area contributed by atoms with Crippen LogP contribution in [0.2, 0.25) is 0 Å². The molecule has 3 aliphatic heterocycles. The number of aliphatic hydroxyl groups is 1. The van der Waals surface area contributed by atoms with Gasteiger partial charge in [0.25, 0.3) is 0 Å². The zero-order valence-corrected chi connectivity index (χ0v) is 27.9. The van der Waals surface area contributed by atoms with Gasteiger partial charge < -0.3 is 29.3 Å². The Kier molecular flexibility index (Phi) is 11.2. The van der Waals surface area contributed by atoms with Gasteiger partial charge in [-0.2, -0.15) is 0 Å². The van der Waals surface area contributed by atoms with Gasteiger partial charge >= 0.3 is 0 Å². The summed E-state index contributed by atoms with van der Waals surface area (Å²) in [5.41, 5.74) is -1.37. The fraction of sp³-hybridized carbons (Fsp3) is 0.639. The van der Waals surface area contributed by atoms with Crippen LogP contribution in [-0.2, 0) is 19.1 Å². The molecule has 1 aromatic rings. The maximum Gasteiger partial charge on any atom is 0.248 e. The van der Waals surface area contributed by atoms with E-state index in [2.05, 4.69) is 27.0 Å². The average Bonchev–Trinajstić information content (AvgIpc) is 3.53. The van der Waals surface area contributed by atoms with E-state index in [0.29, 0.717) is 50.4 Å². The number of ether oxygens (including phenoxy) is 2. The summed E-state index contributed by atoms with van der Waals surface area (Å²) in [5, 5.41) is 9.37. The maximum atomic E-state index is 14.7. The molecule has 0 saturated carbocycles. The summed E-state index contributed by atoms with van der Waals surface area (Å²) in [7, 11) is 0. The predicted octanol–water partition coefficient (Wildman–Crippen LogP) is 4.98. The second kappa shape index (κ2) is 14.5. The van der Waals surface area contributed by atoms with Crippen LogP contribution in [0.1, 0.15) is 73.1 Å². The number of hydrogen-bond donors (Lipinski definition) is 1. The fourth-order valence-electron chi connectivity index (χ4n) is 8.07. The highest BCUT2D eigenvalue weighted by Crippen LogP contribution is 2.65. The molecule has 3 aliphatic rings. The van der Waals surface area contributed by atoms with Crippen LogP contribution in [0.4, 0.5) is 5.69 Å². The van der Waals surface area contributed by atoms with E-state index in [1.54, 1.807) is 22.0 Å². The van der Waals surface area contributed by atoms with Gasteiger partial charge in [-0.25, -0.2) is 0 Å². The molecule has 0 aromatic heterocycles. The molecule has 2 bridgehead atoms. The van der Waals surface area contributed by atoms with Gasteiger partial charge in [0.1, 0.15) is 17.4 Å². The average molecular weight is 624 g/mol. The van der Waals surface area contributed by atoms with Crippen molar-refractivity contribution >= 4 is 23.4 Å². The molecule has 3 fully saturated rings. The van der Waals surface area contributed by atoms with Crippen molar-refractivity contribution in [2.75, 3.05) is 37.7 Å². The molecule has 0 radical (unpaired) electrons. The number of likely N-dealkylation sites (tertiary alicyclic amines) is 1. The van der Waals surface area contributed by atoms with Crippen LogP contribution in [0.25, 0.3) is 0 Å². The zero-order valence-electron chi connectivity index (χ0n) is 27.9. The van der Waals surface area contributed by atoms with Gasteiger partial charge in [-0.05, 0) is 83.1 Å². The van der Waals surface area contributed by atoms with Crippen LogP contribution in [-0.4, -0.2) is 88.8 Å². The number of unbranched alkanes of at least 4 members (excludes halogenated alkanes) is 2. The first-order valence-electron chi connectivity index (χ1n) is 16.7. The molecule has 0 aliphatic carbocycles. The van der Waals surface area contributed by atoms with E-state index in [1.165, 1.54) is 0 Å². The number of aliphatic hydroxyl groups excluding tert-OH is 1. The first-order valence-corrected chi connectivity index (χ1v) is 16.7. The van der Waals surface area contributed by atoms with Gasteiger partial charge in [0, 0.05) is 38.0 Å². The van der Waals surface area contributed by atoms with Gasteiger partial charge in [0.2, 0.25) is 17.7 Å². The van der Waals surface area contributed by atoms with E-state index in [0.717, 1.165) is 19.3 Å². The fourth-order valence-corrected chi connectivity index (χ4v) is 8.07. The summed E-state index contributed by atoms with van der Waals surface area (Å²) in [6, 6.07) is 6.47. The Labute approximate surface area is 269 Å². The quantitative estimate of drug-likeness (QED) is 0.194. The van der Waals surface area contributed by atoms with Crippen molar-refractivity contribution in [2.24, 2.45) is 17.8 Å². The molecule has 4 rings (SSSR count). The largest absolute Gasteiger partial charge is 0.494 e. The number of benzene rings is 1. The lowest BCUT2D eigenvalue weighted by molar-refractivity contribution is -0.153. The van der Waals surface area contributed by atoms with Crippen molar-refractivity contribution in [1.29, 1.82) is 0 Å². The third kappa shape index (κ3) is 6.18.